The lowest BCUT2D eigenvalue weighted by molar-refractivity contribution is 1.07. The third kappa shape index (κ3) is 1.91. The van der Waals surface area contributed by atoms with Crippen molar-refractivity contribution in [3.05, 3.63) is 48.3 Å². The maximum Gasteiger partial charge on any atom is 0.101 e. The van der Waals surface area contributed by atoms with Gasteiger partial charge in [0.15, 0.2) is 0 Å². The molecule has 0 atom stereocenters. The molecule has 0 aliphatic heterocycles. The third-order valence-electron chi connectivity index (χ3n) is 2.49. The Labute approximate surface area is 95.2 Å². The second-order valence-electron chi connectivity index (χ2n) is 3.83. The molecule has 1 heterocycles. The van der Waals surface area contributed by atoms with Crippen LogP contribution in [0.5, 0.6) is 0 Å². The number of anilines is 1. The molecule has 80 valence electrons. The average molecular weight is 211 g/mol. The van der Waals surface area contributed by atoms with Crippen molar-refractivity contribution in [3.63, 3.8) is 0 Å². The Bertz CT molecular complexity index is 515. The van der Waals surface area contributed by atoms with E-state index in [-0.39, 0.29) is 0 Å². The first-order chi connectivity index (χ1) is 7.70. The van der Waals surface area contributed by atoms with E-state index in [1.165, 1.54) is 0 Å². The second-order valence-corrected chi connectivity index (χ2v) is 3.83. The van der Waals surface area contributed by atoms with Crippen LogP contribution in [-0.4, -0.2) is 18.7 Å². The van der Waals surface area contributed by atoms with Crippen molar-refractivity contribution in [2.45, 2.75) is 0 Å². The second kappa shape index (κ2) is 4.11. The van der Waals surface area contributed by atoms with Crippen molar-refractivity contribution in [2.24, 2.45) is 0 Å². The molecule has 1 aromatic heterocycles. The topological polar surface area (TPSA) is 32.0 Å². The largest absolute Gasteiger partial charge is 0.378 e. The summed E-state index contributed by atoms with van der Waals surface area (Å²) in [7, 11) is 4.02. The van der Waals surface area contributed by atoms with Gasteiger partial charge >= 0.3 is 0 Å². The van der Waals surface area contributed by atoms with Crippen LogP contribution in [0.4, 0.5) is 5.69 Å². The van der Waals surface area contributed by atoms with Crippen LogP contribution in [-0.2, 0) is 0 Å². The Morgan fingerprint density at radius 1 is 1.12 bits per heavy atom. The van der Waals surface area contributed by atoms with E-state index in [4.69, 9.17) is 5.26 Å². The van der Waals surface area contributed by atoms with Crippen LogP contribution in [0, 0.1) is 11.3 Å². The number of benzene rings is 1. The molecule has 2 rings (SSSR count). The molecule has 0 aliphatic rings. The molecular formula is C13H13N3. The molecule has 0 aliphatic carbocycles. The van der Waals surface area contributed by atoms with Gasteiger partial charge in [0.2, 0.25) is 0 Å². The molecule has 3 heteroatoms. The first kappa shape index (κ1) is 10.3. The zero-order chi connectivity index (χ0) is 11.5. The van der Waals surface area contributed by atoms with E-state index in [0.29, 0.717) is 5.56 Å². The number of hydrogen-bond acceptors (Lipinski definition) is 2. The quantitative estimate of drug-likeness (QED) is 0.764. The summed E-state index contributed by atoms with van der Waals surface area (Å²) < 4.78 is 1.94. The van der Waals surface area contributed by atoms with Gasteiger partial charge in [-0.25, -0.2) is 0 Å². The molecule has 0 saturated heterocycles. The number of aromatic nitrogens is 1. The minimum absolute atomic E-state index is 0.677. The monoisotopic (exact) mass is 211 g/mol. The lowest BCUT2D eigenvalue weighted by Gasteiger charge is -2.12. The van der Waals surface area contributed by atoms with Crippen LogP contribution in [0.1, 0.15) is 5.56 Å². The van der Waals surface area contributed by atoms with Crippen molar-refractivity contribution < 1.29 is 0 Å². The molecule has 0 saturated carbocycles. The molecule has 0 N–H and O–H groups in total. The Kier molecular flexibility index (Phi) is 2.65. The van der Waals surface area contributed by atoms with Gasteiger partial charge in [-0.1, -0.05) is 0 Å². The highest BCUT2D eigenvalue weighted by Gasteiger charge is 1.99. The summed E-state index contributed by atoms with van der Waals surface area (Å²) >= 11 is 0. The number of rotatable bonds is 2. The summed E-state index contributed by atoms with van der Waals surface area (Å²) in [5.41, 5.74) is 2.90. The van der Waals surface area contributed by atoms with Gasteiger partial charge in [-0.05, 0) is 30.3 Å². The van der Waals surface area contributed by atoms with Crippen LogP contribution in [0.3, 0.4) is 0 Å². The van der Waals surface area contributed by atoms with Gasteiger partial charge in [0.1, 0.15) is 6.07 Å². The van der Waals surface area contributed by atoms with Crippen molar-refractivity contribution in [1.29, 1.82) is 5.26 Å². The molecule has 0 bridgehead atoms. The Hall–Kier alpha value is -2.21. The van der Waals surface area contributed by atoms with E-state index in [1.807, 2.05) is 43.2 Å². The lowest BCUT2D eigenvalue weighted by Crippen LogP contribution is -2.08. The van der Waals surface area contributed by atoms with Crippen molar-refractivity contribution >= 4 is 5.69 Å². The average Bonchev–Trinajstić information content (AvgIpc) is 2.77. The van der Waals surface area contributed by atoms with Crippen molar-refractivity contribution in [1.82, 2.24) is 4.57 Å². The summed E-state index contributed by atoms with van der Waals surface area (Å²) in [5, 5.41) is 8.74. The first-order valence-electron chi connectivity index (χ1n) is 5.06. The Morgan fingerprint density at radius 2 is 1.81 bits per heavy atom. The fourth-order valence-corrected chi connectivity index (χ4v) is 1.55. The third-order valence-corrected chi connectivity index (χ3v) is 2.49. The predicted octanol–water partition coefficient (Wildman–Crippen LogP) is 2.41. The molecule has 2 aromatic rings. The molecule has 0 fully saturated rings. The van der Waals surface area contributed by atoms with Gasteiger partial charge in [0, 0.05) is 37.9 Å². The molecule has 0 unspecified atom stereocenters. The maximum absolute atomic E-state index is 8.74. The summed E-state index contributed by atoms with van der Waals surface area (Å²) in [5.74, 6) is 0. The van der Waals surface area contributed by atoms with E-state index in [9.17, 15) is 0 Å². The molecule has 1 aromatic carbocycles. The van der Waals surface area contributed by atoms with Crippen LogP contribution in [0.15, 0.2) is 42.7 Å². The van der Waals surface area contributed by atoms with E-state index in [0.717, 1.165) is 11.4 Å². The molecule has 3 nitrogen and oxygen atoms in total. The normalized spacial score (nSPS) is 9.81. The van der Waals surface area contributed by atoms with E-state index >= 15 is 0 Å². The predicted molar refractivity (Wildman–Crippen MR) is 64.8 cm³/mol. The molecule has 0 radical (unpaired) electrons. The van der Waals surface area contributed by atoms with Crippen LogP contribution in [0.25, 0.3) is 5.69 Å². The summed E-state index contributed by atoms with van der Waals surface area (Å²) in [6, 6.07) is 12.1. The lowest BCUT2D eigenvalue weighted by atomic mass is 10.2. The number of nitriles is 1. The van der Waals surface area contributed by atoms with E-state index in [1.54, 1.807) is 6.07 Å². The van der Waals surface area contributed by atoms with Gasteiger partial charge in [0.05, 0.1) is 5.56 Å². The Morgan fingerprint density at radius 3 is 2.31 bits per heavy atom. The number of nitrogens with zero attached hydrogens (tertiary/aromatic N) is 3. The smallest absolute Gasteiger partial charge is 0.101 e. The van der Waals surface area contributed by atoms with Gasteiger partial charge < -0.3 is 9.47 Å². The van der Waals surface area contributed by atoms with Crippen molar-refractivity contribution in [2.75, 3.05) is 19.0 Å². The molecule has 0 spiro atoms. The summed E-state index contributed by atoms with van der Waals surface area (Å²) in [6.07, 6.45) is 3.72. The van der Waals surface area contributed by atoms with Gasteiger partial charge in [-0.15, -0.1) is 0 Å². The standard InChI is InChI=1S/C13H13N3/c1-15(2)12-3-5-13(6-4-12)16-8-7-11(9-14)10-16/h3-8,10H,1-2H3. The van der Waals surface area contributed by atoms with Crippen LogP contribution in [0.2, 0.25) is 0 Å². The van der Waals surface area contributed by atoms with Crippen LogP contribution >= 0.6 is 0 Å². The first-order valence-corrected chi connectivity index (χ1v) is 5.06. The molecule has 16 heavy (non-hydrogen) atoms. The summed E-state index contributed by atoms with van der Waals surface area (Å²) in [6.45, 7) is 0. The molecular weight excluding hydrogens is 198 g/mol. The highest BCUT2D eigenvalue weighted by Crippen LogP contribution is 2.16. The summed E-state index contributed by atoms with van der Waals surface area (Å²) in [4.78, 5) is 2.06. The van der Waals surface area contributed by atoms with Crippen molar-refractivity contribution in [3.8, 4) is 11.8 Å². The SMILES string of the molecule is CN(C)c1ccc(-n2ccc(C#N)c2)cc1. The minimum atomic E-state index is 0.677. The zero-order valence-corrected chi connectivity index (χ0v) is 9.38. The van der Waals surface area contributed by atoms with Gasteiger partial charge in [-0.2, -0.15) is 5.26 Å². The van der Waals surface area contributed by atoms with E-state index < -0.39 is 0 Å². The highest BCUT2D eigenvalue weighted by molar-refractivity contribution is 5.50. The highest BCUT2D eigenvalue weighted by atomic mass is 15.1. The van der Waals surface area contributed by atoms with Crippen LogP contribution < -0.4 is 4.90 Å². The van der Waals surface area contributed by atoms with Gasteiger partial charge in [-0.3, -0.25) is 0 Å². The molecule has 0 amide bonds. The van der Waals surface area contributed by atoms with Gasteiger partial charge in [0.25, 0.3) is 0 Å². The zero-order valence-electron chi connectivity index (χ0n) is 9.38. The maximum atomic E-state index is 8.74. The fraction of sp³-hybridized carbons (Fsp3) is 0.154. The fourth-order valence-electron chi connectivity index (χ4n) is 1.55. The minimum Gasteiger partial charge on any atom is -0.378 e. The van der Waals surface area contributed by atoms with E-state index in [2.05, 4.69) is 23.1 Å². The number of hydrogen-bond donors (Lipinski definition) is 0. The Balaban J connectivity index is 2.31.